The minimum absolute atomic E-state index is 0.248. The van der Waals surface area contributed by atoms with E-state index in [9.17, 15) is 19.8 Å². The van der Waals surface area contributed by atoms with Crippen LogP contribution in [0.5, 0.6) is 0 Å². The van der Waals surface area contributed by atoms with Crippen molar-refractivity contribution < 1.29 is 34.4 Å². The number of carbonyl (C=O) groups excluding carboxylic acids is 2. The van der Waals surface area contributed by atoms with Gasteiger partial charge in [-0.15, -0.1) is 0 Å². The van der Waals surface area contributed by atoms with Crippen LogP contribution in [0.4, 0.5) is 0 Å². The zero-order valence-corrected chi connectivity index (χ0v) is 10.7. The lowest BCUT2D eigenvalue weighted by Crippen LogP contribution is -2.33. The molecule has 2 atom stereocenters. The van der Waals surface area contributed by atoms with Crippen LogP contribution in [0.3, 0.4) is 0 Å². The molecule has 0 amide bonds. The molecule has 0 aromatic carbocycles. The fourth-order valence-electron chi connectivity index (χ4n) is 1.58. The van der Waals surface area contributed by atoms with Gasteiger partial charge in [-0.05, 0) is 6.42 Å². The standard InChI is InChI=1S/C12H18O7/c1-2-3-4-5-8(14)18-6-7(13)11-9(15)10(16)12(17)19-11/h7,11,13,15-16H,2-6H2,1H3/t7-,11+/m0/s1. The molecule has 0 bridgehead atoms. The Balaban J connectivity index is 2.34. The number of cyclic esters (lactones) is 1. The molecule has 1 aliphatic rings. The first-order valence-electron chi connectivity index (χ1n) is 6.14. The third-order valence-corrected chi connectivity index (χ3v) is 2.69. The van der Waals surface area contributed by atoms with Crippen molar-refractivity contribution in [1.29, 1.82) is 0 Å². The number of hydrogen-bond donors (Lipinski definition) is 3. The number of carbonyl (C=O) groups is 2. The minimum Gasteiger partial charge on any atom is -0.505 e. The maximum atomic E-state index is 11.3. The fourth-order valence-corrected chi connectivity index (χ4v) is 1.58. The maximum Gasteiger partial charge on any atom is 0.377 e. The van der Waals surface area contributed by atoms with Gasteiger partial charge in [0.1, 0.15) is 12.7 Å². The van der Waals surface area contributed by atoms with Crippen molar-refractivity contribution >= 4 is 11.9 Å². The van der Waals surface area contributed by atoms with Crippen LogP contribution < -0.4 is 0 Å². The molecule has 7 nitrogen and oxygen atoms in total. The number of hydrogen-bond acceptors (Lipinski definition) is 7. The molecule has 1 rings (SSSR count). The van der Waals surface area contributed by atoms with Gasteiger partial charge < -0.3 is 24.8 Å². The molecule has 0 unspecified atom stereocenters. The summed E-state index contributed by atoms with van der Waals surface area (Å²) in [4.78, 5) is 22.2. The van der Waals surface area contributed by atoms with Crippen molar-refractivity contribution in [3.8, 4) is 0 Å². The van der Waals surface area contributed by atoms with Crippen molar-refractivity contribution in [2.45, 2.75) is 44.8 Å². The summed E-state index contributed by atoms with van der Waals surface area (Å²) in [5.74, 6) is -3.27. The second-order valence-corrected chi connectivity index (χ2v) is 4.27. The van der Waals surface area contributed by atoms with E-state index in [2.05, 4.69) is 4.74 Å². The SMILES string of the molecule is CCCCCC(=O)OC[C@H](O)[C@H]1OC(=O)C(O)=C1O. The molecule has 0 saturated heterocycles. The molecule has 0 aromatic heterocycles. The lowest BCUT2D eigenvalue weighted by Gasteiger charge is -2.17. The van der Waals surface area contributed by atoms with E-state index in [1.54, 1.807) is 0 Å². The first-order chi connectivity index (χ1) is 8.97. The van der Waals surface area contributed by atoms with Gasteiger partial charge in [0, 0.05) is 6.42 Å². The summed E-state index contributed by atoms with van der Waals surface area (Å²) in [6.07, 6.45) is 0.0364. The summed E-state index contributed by atoms with van der Waals surface area (Å²) in [7, 11) is 0. The monoisotopic (exact) mass is 274 g/mol. The molecule has 0 aromatic rings. The summed E-state index contributed by atoms with van der Waals surface area (Å²) in [5.41, 5.74) is 0. The van der Waals surface area contributed by atoms with Gasteiger partial charge in [0.2, 0.25) is 5.76 Å². The summed E-state index contributed by atoms with van der Waals surface area (Å²) >= 11 is 0. The number of ether oxygens (including phenoxy) is 2. The zero-order valence-electron chi connectivity index (χ0n) is 10.7. The number of aliphatic hydroxyl groups is 3. The molecular weight excluding hydrogens is 256 g/mol. The van der Waals surface area contributed by atoms with E-state index in [-0.39, 0.29) is 6.42 Å². The molecule has 19 heavy (non-hydrogen) atoms. The van der Waals surface area contributed by atoms with Crippen molar-refractivity contribution in [1.82, 2.24) is 0 Å². The lowest BCUT2D eigenvalue weighted by atomic mass is 10.2. The number of unbranched alkanes of at least 4 members (excludes halogenated alkanes) is 2. The van der Waals surface area contributed by atoms with Gasteiger partial charge in [-0.1, -0.05) is 19.8 Å². The van der Waals surface area contributed by atoms with E-state index in [4.69, 9.17) is 9.84 Å². The summed E-state index contributed by atoms with van der Waals surface area (Å²) in [5, 5.41) is 28.0. The Morgan fingerprint density at radius 1 is 1.42 bits per heavy atom. The number of aliphatic hydroxyl groups excluding tert-OH is 3. The average molecular weight is 274 g/mol. The van der Waals surface area contributed by atoms with Crippen LogP contribution in [0, 0.1) is 0 Å². The fraction of sp³-hybridized carbons (Fsp3) is 0.667. The Labute approximate surface area is 110 Å². The van der Waals surface area contributed by atoms with E-state index < -0.39 is 42.3 Å². The third kappa shape index (κ3) is 4.13. The highest BCUT2D eigenvalue weighted by molar-refractivity contribution is 5.89. The van der Waals surface area contributed by atoms with E-state index >= 15 is 0 Å². The van der Waals surface area contributed by atoms with Crippen molar-refractivity contribution in [3.05, 3.63) is 11.5 Å². The van der Waals surface area contributed by atoms with Crippen LogP contribution >= 0.6 is 0 Å². The van der Waals surface area contributed by atoms with Crippen molar-refractivity contribution in [3.63, 3.8) is 0 Å². The van der Waals surface area contributed by atoms with E-state index in [1.807, 2.05) is 6.92 Å². The van der Waals surface area contributed by atoms with Crippen LogP contribution in [0.2, 0.25) is 0 Å². The largest absolute Gasteiger partial charge is 0.505 e. The van der Waals surface area contributed by atoms with Gasteiger partial charge in [0.05, 0.1) is 0 Å². The second kappa shape index (κ2) is 6.98. The van der Waals surface area contributed by atoms with Gasteiger partial charge in [0.25, 0.3) is 0 Å². The molecular formula is C12H18O7. The van der Waals surface area contributed by atoms with E-state index in [0.717, 1.165) is 12.8 Å². The average Bonchev–Trinajstić information content (AvgIpc) is 2.64. The van der Waals surface area contributed by atoms with Crippen molar-refractivity contribution in [2.75, 3.05) is 6.61 Å². The van der Waals surface area contributed by atoms with Gasteiger partial charge >= 0.3 is 11.9 Å². The van der Waals surface area contributed by atoms with E-state index in [0.29, 0.717) is 6.42 Å². The molecule has 0 radical (unpaired) electrons. The van der Waals surface area contributed by atoms with Crippen LogP contribution in [0.15, 0.2) is 11.5 Å². The first-order valence-corrected chi connectivity index (χ1v) is 6.14. The highest BCUT2D eigenvalue weighted by Crippen LogP contribution is 2.21. The summed E-state index contributed by atoms with van der Waals surface area (Å²) in [6, 6.07) is 0. The van der Waals surface area contributed by atoms with Crippen LogP contribution in [0.25, 0.3) is 0 Å². The van der Waals surface area contributed by atoms with Crippen molar-refractivity contribution in [2.24, 2.45) is 0 Å². The highest BCUT2D eigenvalue weighted by Gasteiger charge is 2.39. The van der Waals surface area contributed by atoms with Crippen LogP contribution in [0.1, 0.15) is 32.6 Å². The second-order valence-electron chi connectivity index (χ2n) is 4.27. The lowest BCUT2D eigenvalue weighted by molar-refractivity contribution is -0.154. The Bertz CT molecular complexity index is 374. The van der Waals surface area contributed by atoms with Crippen LogP contribution in [-0.4, -0.2) is 46.1 Å². The van der Waals surface area contributed by atoms with Gasteiger partial charge in [0.15, 0.2) is 11.9 Å². The highest BCUT2D eigenvalue weighted by atomic mass is 16.6. The van der Waals surface area contributed by atoms with Crippen LogP contribution in [-0.2, 0) is 19.1 Å². The molecule has 1 aliphatic heterocycles. The number of rotatable bonds is 7. The Morgan fingerprint density at radius 3 is 2.63 bits per heavy atom. The Hall–Kier alpha value is -1.76. The smallest absolute Gasteiger partial charge is 0.377 e. The molecule has 0 fully saturated rings. The molecule has 7 heteroatoms. The van der Waals surface area contributed by atoms with Gasteiger partial charge in [-0.25, -0.2) is 4.79 Å². The maximum absolute atomic E-state index is 11.3. The topological polar surface area (TPSA) is 113 Å². The molecule has 0 aliphatic carbocycles. The summed E-state index contributed by atoms with van der Waals surface area (Å²) in [6.45, 7) is 1.59. The molecule has 108 valence electrons. The van der Waals surface area contributed by atoms with E-state index in [1.165, 1.54) is 0 Å². The predicted octanol–water partition coefficient (Wildman–Crippen LogP) is 0.724. The predicted molar refractivity (Wildman–Crippen MR) is 63.3 cm³/mol. The van der Waals surface area contributed by atoms with Gasteiger partial charge in [-0.3, -0.25) is 4.79 Å². The molecule has 0 spiro atoms. The summed E-state index contributed by atoms with van der Waals surface area (Å²) < 4.78 is 9.31. The normalized spacial score (nSPS) is 20.3. The quantitative estimate of drug-likeness (QED) is 0.463. The van der Waals surface area contributed by atoms with Gasteiger partial charge in [-0.2, -0.15) is 0 Å². The Morgan fingerprint density at radius 2 is 2.11 bits per heavy atom. The zero-order chi connectivity index (χ0) is 14.4. The number of esters is 2. The molecule has 0 saturated carbocycles. The first kappa shape index (κ1) is 15.3. The third-order valence-electron chi connectivity index (χ3n) is 2.69. The minimum atomic E-state index is -1.41. The Kier molecular flexibility index (Phi) is 5.62. The molecule has 3 N–H and O–H groups in total. The molecule has 1 heterocycles.